The van der Waals surface area contributed by atoms with Gasteiger partial charge in [-0.25, -0.2) is 4.79 Å². The summed E-state index contributed by atoms with van der Waals surface area (Å²) >= 11 is 0. The maximum atomic E-state index is 11.8. The minimum Gasteiger partial charge on any atom is -0.444 e. The van der Waals surface area contributed by atoms with Crippen LogP contribution < -0.4 is 5.32 Å². The molecule has 0 saturated carbocycles. The van der Waals surface area contributed by atoms with Crippen LogP contribution >= 0.6 is 0 Å². The van der Waals surface area contributed by atoms with Crippen molar-refractivity contribution in [1.82, 2.24) is 10.2 Å². The molecule has 4 heteroatoms. The fourth-order valence-corrected chi connectivity index (χ4v) is 2.31. The van der Waals surface area contributed by atoms with E-state index in [1.165, 1.54) is 0 Å². The highest BCUT2D eigenvalue weighted by molar-refractivity contribution is 5.68. The zero-order valence-electron chi connectivity index (χ0n) is 12.5. The second-order valence-electron chi connectivity index (χ2n) is 5.89. The molecule has 0 spiro atoms. The van der Waals surface area contributed by atoms with Crippen LogP contribution in [0.3, 0.4) is 0 Å². The number of carbonyl (C=O) groups excluding carboxylic acids is 1. The van der Waals surface area contributed by atoms with Gasteiger partial charge >= 0.3 is 6.09 Å². The first-order valence-corrected chi connectivity index (χ1v) is 7.14. The van der Waals surface area contributed by atoms with Crippen LogP contribution in [0.15, 0.2) is 0 Å². The van der Waals surface area contributed by atoms with E-state index in [2.05, 4.69) is 5.32 Å². The first kappa shape index (κ1) is 15.3. The van der Waals surface area contributed by atoms with Crippen LogP contribution in [0, 0.1) is 11.8 Å². The van der Waals surface area contributed by atoms with Crippen molar-refractivity contribution < 1.29 is 9.53 Å². The highest BCUT2D eigenvalue weighted by atomic mass is 16.6. The summed E-state index contributed by atoms with van der Waals surface area (Å²) in [6, 6.07) is 0. The van der Waals surface area contributed by atoms with Crippen molar-refractivity contribution in [3.63, 3.8) is 0 Å². The molecule has 2 heterocycles. The van der Waals surface area contributed by atoms with Gasteiger partial charge in [0.05, 0.1) is 0 Å². The number of ether oxygens (including phenoxy) is 1. The van der Waals surface area contributed by atoms with Crippen molar-refractivity contribution in [2.45, 2.75) is 46.6 Å². The van der Waals surface area contributed by atoms with Gasteiger partial charge in [0.1, 0.15) is 5.60 Å². The molecule has 2 fully saturated rings. The van der Waals surface area contributed by atoms with E-state index in [1.807, 2.05) is 39.5 Å². The van der Waals surface area contributed by atoms with Crippen LogP contribution in [0.25, 0.3) is 0 Å². The molecule has 1 unspecified atom stereocenters. The van der Waals surface area contributed by atoms with Crippen molar-refractivity contribution in [3.05, 3.63) is 0 Å². The molecular weight excluding hydrogens is 228 g/mol. The molecule has 1 N–H and O–H groups in total. The number of rotatable bonds is 1. The Morgan fingerprint density at radius 2 is 1.83 bits per heavy atom. The molecule has 2 rings (SSSR count). The minimum absolute atomic E-state index is 0.151. The summed E-state index contributed by atoms with van der Waals surface area (Å²) in [4.78, 5) is 13.7. The van der Waals surface area contributed by atoms with Crippen molar-refractivity contribution in [3.8, 4) is 0 Å². The lowest BCUT2D eigenvalue weighted by atomic mass is 9.87. The molecule has 4 nitrogen and oxygen atoms in total. The number of nitrogens with one attached hydrogen (secondary N) is 1. The van der Waals surface area contributed by atoms with Gasteiger partial charge in [-0.2, -0.15) is 0 Å². The molecule has 2 aliphatic rings. The average molecular weight is 256 g/mol. The zero-order chi connectivity index (χ0) is 13.8. The topological polar surface area (TPSA) is 41.6 Å². The molecule has 0 aromatic rings. The average Bonchev–Trinajstić information content (AvgIpc) is 2.65. The predicted molar refractivity (Wildman–Crippen MR) is 73.6 cm³/mol. The Bertz CT molecular complexity index is 269. The van der Waals surface area contributed by atoms with Crippen molar-refractivity contribution in [2.24, 2.45) is 11.8 Å². The highest BCUT2D eigenvalue weighted by Crippen LogP contribution is 2.27. The quantitative estimate of drug-likeness (QED) is 0.783. The third kappa shape index (κ3) is 4.16. The number of carbonyl (C=O) groups is 1. The molecule has 2 aliphatic heterocycles. The highest BCUT2D eigenvalue weighted by Gasteiger charge is 2.35. The molecule has 0 aromatic heterocycles. The maximum absolute atomic E-state index is 11.8. The van der Waals surface area contributed by atoms with Crippen molar-refractivity contribution in [1.29, 1.82) is 0 Å². The monoisotopic (exact) mass is 256 g/mol. The summed E-state index contributed by atoms with van der Waals surface area (Å²) in [5, 5.41) is 3.29. The molecule has 106 valence electrons. The van der Waals surface area contributed by atoms with Crippen LogP contribution in [-0.2, 0) is 4.74 Å². The zero-order valence-corrected chi connectivity index (χ0v) is 12.5. The molecule has 0 aromatic carbocycles. The number of likely N-dealkylation sites (tertiary alicyclic amines) is 1. The van der Waals surface area contributed by atoms with E-state index < -0.39 is 0 Å². The van der Waals surface area contributed by atoms with E-state index in [0.717, 1.165) is 38.5 Å². The summed E-state index contributed by atoms with van der Waals surface area (Å²) in [6.07, 6.45) is 0.980. The number of amides is 1. The maximum Gasteiger partial charge on any atom is 0.410 e. The molecule has 1 atom stereocenters. The summed E-state index contributed by atoms with van der Waals surface area (Å²) < 4.78 is 5.37. The van der Waals surface area contributed by atoms with E-state index in [0.29, 0.717) is 5.92 Å². The van der Waals surface area contributed by atoms with Gasteiger partial charge in [0.25, 0.3) is 0 Å². The second kappa shape index (κ2) is 6.41. The molecule has 0 bridgehead atoms. The third-order valence-corrected chi connectivity index (χ3v) is 3.36. The Morgan fingerprint density at radius 3 is 2.28 bits per heavy atom. The SMILES string of the molecule is CC.CC(C)(C)OC(=O)N1CCC(C2CNC2)C1. The summed E-state index contributed by atoms with van der Waals surface area (Å²) in [7, 11) is 0. The van der Waals surface area contributed by atoms with Gasteiger partial charge in [-0.1, -0.05) is 13.8 Å². The molecular formula is C14H28N2O2. The second-order valence-corrected chi connectivity index (χ2v) is 5.89. The first-order chi connectivity index (χ1) is 8.46. The lowest BCUT2D eigenvalue weighted by molar-refractivity contribution is 0.0280. The fraction of sp³-hybridized carbons (Fsp3) is 0.929. The van der Waals surface area contributed by atoms with Crippen LogP contribution in [0.1, 0.15) is 41.0 Å². The van der Waals surface area contributed by atoms with Gasteiger partial charge in [0.15, 0.2) is 0 Å². The minimum atomic E-state index is -0.382. The summed E-state index contributed by atoms with van der Waals surface area (Å²) in [5.41, 5.74) is -0.382. The molecule has 0 aliphatic carbocycles. The van der Waals surface area contributed by atoms with E-state index in [-0.39, 0.29) is 11.7 Å². The van der Waals surface area contributed by atoms with E-state index >= 15 is 0 Å². The summed E-state index contributed by atoms with van der Waals surface area (Å²) in [6.45, 7) is 13.7. The van der Waals surface area contributed by atoms with Crippen LogP contribution in [0.5, 0.6) is 0 Å². The van der Waals surface area contributed by atoms with Gasteiger partial charge in [0, 0.05) is 13.1 Å². The van der Waals surface area contributed by atoms with Crippen molar-refractivity contribution in [2.75, 3.05) is 26.2 Å². The van der Waals surface area contributed by atoms with Gasteiger partial charge in [-0.15, -0.1) is 0 Å². The molecule has 0 radical (unpaired) electrons. The van der Waals surface area contributed by atoms with Gasteiger partial charge < -0.3 is 15.0 Å². The van der Waals surface area contributed by atoms with E-state index in [9.17, 15) is 4.79 Å². The van der Waals surface area contributed by atoms with Crippen LogP contribution in [-0.4, -0.2) is 42.8 Å². The molecule has 18 heavy (non-hydrogen) atoms. The third-order valence-electron chi connectivity index (χ3n) is 3.36. The normalized spacial score (nSPS) is 24.1. The Morgan fingerprint density at radius 1 is 1.22 bits per heavy atom. The number of hydrogen-bond acceptors (Lipinski definition) is 3. The standard InChI is InChI=1S/C12H22N2O2.C2H6/c1-12(2,3)16-11(15)14-5-4-9(8-14)10-6-13-7-10;1-2/h9-10,13H,4-8H2,1-3H3;1-2H3. The Kier molecular flexibility index (Phi) is 5.45. The molecule has 1 amide bonds. The van der Waals surface area contributed by atoms with Gasteiger partial charge in [0.2, 0.25) is 0 Å². The Labute approximate surface area is 111 Å². The fourth-order valence-electron chi connectivity index (χ4n) is 2.31. The summed E-state index contributed by atoms with van der Waals surface area (Å²) in [5.74, 6) is 1.45. The lowest BCUT2D eigenvalue weighted by Crippen LogP contribution is -2.47. The molecule has 2 saturated heterocycles. The first-order valence-electron chi connectivity index (χ1n) is 7.14. The Balaban J connectivity index is 0.000000771. The van der Waals surface area contributed by atoms with Gasteiger partial charge in [-0.05, 0) is 52.1 Å². The Hall–Kier alpha value is -0.770. The van der Waals surface area contributed by atoms with E-state index in [1.54, 1.807) is 0 Å². The van der Waals surface area contributed by atoms with Crippen LogP contribution in [0.4, 0.5) is 4.79 Å². The number of nitrogens with zero attached hydrogens (tertiary/aromatic N) is 1. The van der Waals surface area contributed by atoms with Gasteiger partial charge in [-0.3, -0.25) is 0 Å². The van der Waals surface area contributed by atoms with Crippen molar-refractivity contribution >= 4 is 6.09 Å². The lowest BCUT2D eigenvalue weighted by Gasteiger charge is -2.32. The largest absolute Gasteiger partial charge is 0.444 e. The predicted octanol–water partition coefficient (Wildman–Crippen LogP) is 2.49. The number of hydrogen-bond donors (Lipinski definition) is 1. The van der Waals surface area contributed by atoms with Crippen LogP contribution in [0.2, 0.25) is 0 Å². The smallest absolute Gasteiger partial charge is 0.410 e. The van der Waals surface area contributed by atoms with E-state index in [4.69, 9.17) is 4.74 Å².